The van der Waals surface area contributed by atoms with E-state index >= 15 is 0 Å². The maximum atomic E-state index is 13.1. The van der Waals surface area contributed by atoms with Crippen molar-refractivity contribution < 1.29 is 14.3 Å². The number of likely N-dealkylation sites (tertiary alicyclic amines) is 1. The van der Waals surface area contributed by atoms with Crippen LogP contribution in [0.4, 0.5) is 4.39 Å². The molecule has 0 aliphatic carbocycles. The van der Waals surface area contributed by atoms with E-state index in [1.807, 2.05) is 0 Å². The molecule has 0 saturated carbocycles. The van der Waals surface area contributed by atoms with Gasteiger partial charge in [0.25, 0.3) is 5.91 Å². The molecule has 1 aliphatic heterocycles. The summed E-state index contributed by atoms with van der Waals surface area (Å²) in [6.45, 7) is 1.46. The Morgan fingerprint density at radius 2 is 2.11 bits per heavy atom. The van der Waals surface area contributed by atoms with Crippen LogP contribution in [-0.2, 0) is 0 Å². The van der Waals surface area contributed by atoms with Crippen molar-refractivity contribution in [2.24, 2.45) is 5.92 Å². The van der Waals surface area contributed by atoms with Crippen LogP contribution in [0.15, 0.2) is 23.1 Å². The number of thiol groups is 1. The molecule has 1 aliphatic rings. The van der Waals surface area contributed by atoms with Crippen LogP contribution in [-0.4, -0.2) is 35.6 Å². The molecule has 1 aromatic rings. The minimum absolute atomic E-state index is 0.0957. The number of carbonyl (C=O) groups excluding carboxylic acids is 1. The molecule has 0 spiro atoms. The molecule has 5 heteroatoms. The highest BCUT2D eigenvalue weighted by Gasteiger charge is 2.23. The number of benzene rings is 1. The number of halogens is 1. The van der Waals surface area contributed by atoms with Gasteiger partial charge in [0, 0.05) is 30.2 Å². The van der Waals surface area contributed by atoms with Gasteiger partial charge in [-0.25, -0.2) is 4.39 Å². The first-order valence-corrected chi connectivity index (χ1v) is 6.45. The summed E-state index contributed by atoms with van der Waals surface area (Å²) in [5.74, 6) is -0.224. The highest BCUT2D eigenvalue weighted by molar-refractivity contribution is 7.80. The Hall–Kier alpha value is -1.07. The lowest BCUT2D eigenvalue weighted by molar-refractivity contribution is 0.0650. The number of carbonyl (C=O) groups is 1. The Morgan fingerprint density at radius 3 is 2.67 bits per heavy atom. The topological polar surface area (TPSA) is 40.5 Å². The molecule has 0 aromatic heterocycles. The van der Waals surface area contributed by atoms with Crippen LogP contribution in [0.1, 0.15) is 23.2 Å². The summed E-state index contributed by atoms with van der Waals surface area (Å²) < 4.78 is 13.1. The summed E-state index contributed by atoms with van der Waals surface area (Å²) in [5.41, 5.74) is 0.462. The van der Waals surface area contributed by atoms with Crippen LogP contribution < -0.4 is 0 Å². The summed E-state index contributed by atoms with van der Waals surface area (Å²) in [5, 5.41) is 9.04. The molecule has 0 radical (unpaired) electrons. The number of piperidine rings is 1. The van der Waals surface area contributed by atoms with Crippen molar-refractivity contribution >= 4 is 18.5 Å². The Labute approximate surface area is 111 Å². The van der Waals surface area contributed by atoms with Gasteiger partial charge < -0.3 is 10.0 Å². The molecule has 0 unspecified atom stereocenters. The monoisotopic (exact) mass is 269 g/mol. The summed E-state index contributed by atoms with van der Waals surface area (Å²) in [7, 11) is 0. The van der Waals surface area contributed by atoms with E-state index in [9.17, 15) is 9.18 Å². The quantitative estimate of drug-likeness (QED) is 0.806. The van der Waals surface area contributed by atoms with E-state index in [2.05, 4.69) is 12.6 Å². The van der Waals surface area contributed by atoms with Crippen LogP contribution in [0.2, 0.25) is 0 Å². The van der Waals surface area contributed by atoms with E-state index in [0.29, 0.717) is 24.6 Å². The van der Waals surface area contributed by atoms with Gasteiger partial charge in [-0.3, -0.25) is 4.79 Å². The van der Waals surface area contributed by atoms with Crippen molar-refractivity contribution in [2.75, 3.05) is 19.7 Å². The largest absolute Gasteiger partial charge is 0.396 e. The maximum absolute atomic E-state index is 13.1. The lowest BCUT2D eigenvalue weighted by Gasteiger charge is -2.31. The molecule has 98 valence electrons. The second-order valence-electron chi connectivity index (χ2n) is 4.58. The molecular weight excluding hydrogens is 253 g/mol. The normalized spacial score (nSPS) is 16.9. The van der Waals surface area contributed by atoms with Gasteiger partial charge in [-0.15, -0.1) is 12.6 Å². The predicted molar refractivity (Wildman–Crippen MR) is 69.4 cm³/mol. The number of hydrogen-bond acceptors (Lipinski definition) is 3. The van der Waals surface area contributed by atoms with Crippen molar-refractivity contribution in [1.29, 1.82) is 0 Å². The molecule has 1 fully saturated rings. The second kappa shape index (κ2) is 5.71. The summed E-state index contributed by atoms with van der Waals surface area (Å²) >= 11 is 3.98. The highest BCUT2D eigenvalue weighted by atomic mass is 32.1. The molecule has 1 saturated heterocycles. The minimum atomic E-state index is -0.422. The van der Waals surface area contributed by atoms with E-state index in [1.54, 1.807) is 4.90 Å². The van der Waals surface area contributed by atoms with Crippen molar-refractivity contribution in [3.63, 3.8) is 0 Å². The predicted octanol–water partition coefficient (Wildman–Crippen LogP) is 1.96. The van der Waals surface area contributed by atoms with Gasteiger partial charge in [0.05, 0.1) is 0 Å². The average Bonchev–Trinajstić information content (AvgIpc) is 2.41. The lowest BCUT2D eigenvalue weighted by Crippen LogP contribution is -2.39. The zero-order chi connectivity index (χ0) is 13.1. The third kappa shape index (κ3) is 2.84. The van der Waals surface area contributed by atoms with Crippen molar-refractivity contribution in [3.05, 3.63) is 29.6 Å². The molecule has 1 aromatic carbocycles. The summed E-state index contributed by atoms with van der Waals surface area (Å²) in [6.07, 6.45) is 1.63. The third-order valence-corrected chi connectivity index (χ3v) is 3.70. The van der Waals surface area contributed by atoms with Crippen LogP contribution >= 0.6 is 12.6 Å². The van der Waals surface area contributed by atoms with Crippen LogP contribution in [0, 0.1) is 11.7 Å². The van der Waals surface area contributed by atoms with Gasteiger partial charge in [0.1, 0.15) is 5.82 Å². The highest BCUT2D eigenvalue weighted by Crippen LogP contribution is 2.20. The van der Waals surface area contributed by atoms with E-state index in [0.717, 1.165) is 12.8 Å². The number of aliphatic hydroxyl groups excluding tert-OH is 1. The number of amides is 1. The molecule has 0 bridgehead atoms. The molecule has 3 nitrogen and oxygen atoms in total. The fourth-order valence-corrected chi connectivity index (χ4v) is 2.36. The van der Waals surface area contributed by atoms with Crippen molar-refractivity contribution in [3.8, 4) is 0 Å². The Bertz CT molecular complexity index is 445. The standard InChI is InChI=1S/C13H16FNO2S/c14-11-2-1-10(7-12(11)18)13(17)15-5-3-9(8-16)4-6-15/h1-2,7,9,16,18H,3-6,8H2. The fraction of sp³-hybridized carbons (Fsp3) is 0.462. The second-order valence-corrected chi connectivity index (χ2v) is 5.07. The van der Waals surface area contributed by atoms with Crippen LogP contribution in [0.25, 0.3) is 0 Å². The Balaban J connectivity index is 2.05. The number of aliphatic hydroxyl groups is 1. The Morgan fingerprint density at radius 1 is 1.44 bits per heavy atom. The zero-order valence-corrected chi connectivity index (χ0v) is 10.9. The summed E-state index contributed by atoms with van der Waals surface area (Å²) in [6, 6.07) is 4.20. The van der Waals surface area contributed by atoms with Gasteiger partial charge in [-0.2, -0.15) is 0 Å². The molecule has 1 N–H and O–H groups in total. The van der Waals surface area contributed by atoms with Gasteiger partial charge in [-0.05, 0) is 37.0 Å². The lowest BCUT2D eigenvalue weighted by atomic mass is 9.97. The molecule has 1 heterocycles. The third-order valence-electron chi connectivity index (χ3n) is 3.35. The van der Waals surface area contributed by atoms with E-state index in [4.69, 9.17) is 5.11 Å². The van der Waals surface area contributed by atoms with Crippen LogP contribution in [0.3, 0.4) is 0 Å². The molecule has 18 heavy (non-hydrogen) atoms. The van der Waals surface area contributed by atoms with Gasteiger partial charge in [0.2, 0.25) is 0 Å². The zero-order valence-electron chi connectivity index (χ0n) is 9.97. The van der Waals surface area contributed by atoms with E-state index < -0.39 is 5.82 Å². The van der Waals surface area contributed by atoms with Gasteiger partial charge in [0.15, 0.2) is 0 Å². The first-order chi connectivity index (χ1) is 8.61. The maximum Gasteiger partial charge on any atom is 0.253 e. The average molecular weight is 269 g/mol. The number of hydrogen-bond donors (Lipinski definition) is 2. The summed E-state index contributed by atoms with van der Waals surface area (Å²) in [4.78, 5) is 14.1. The van der Waals surface area contributed by atoms with Gasteiger partial charge in [-0.1, -0.05) is 0 Å². The SMILES string of the molecule is O=C(c1ccc(F)c(S)c1)N1CCC(CO)CC1. The minimum Gasteiger partial charge on any atom is -0.396 e. The molecule has 0 atom stereocenters. The molecular formula is C13H16FNO2S. The fourth-order valence-electron chi connectivity index (χ4n) is 2.15. The molecule has 1 amide bonds. The van der Waals surface area contributed by atoms with Crippen molar-refractivity contribution in [2.45, 2.75) is 17.7 Å². The molecule has 2 rings (SSSR count). The smallest absolute Gasteiger partial charge is 0.253 e. The van der Waals surface area contributed by atoms with Gasteiger partial charge >= 0.3 is 0 Å². The Kier molecular flexibility index (Phi) is 4.24. The van der Waals surface area contributed by atoms with Crippen molar-refractivity contribution in [1.82, 2.24) is 4.90 Å². The number of rotatable bonds is 2. The van der Waals surface area contributed by atoms with Crippen LogP contribution in [0.5, 0.6) is 0 Å². The first kappa shape index (κ1) is 13.4. The first-order valence-electron chi connectivity index (χ1n) is 6.00. The van der Waals surface area contributed by atoms with E-state index in [-0.39, 0.29) is 17.4 Å². The number of nitrogens with zero attached hydrogens (tertiary/aromatic N) is 1. The van der Waals surface area contributed by atoms with E-state index in [1.165, 1.54) is 18.2 Å².